The molecule has 1 N–H and O–H groups in total. The van der Waals surface area contributed by atoms with Gasteiger partial charge < -0.3 is 10.2 Å². The van der Waals surface area contributed by atoms with Gasteiger partial charge in [-0.15, -0.1) is 0 Å². The first-order valence-electron chi connectivity index (χ1n) is 5.88. The molecule has 18 heavy (non-hydrogen) atoms. The Hall–Kier alpha value is -2.01. The number of pyridine rings is 1. The largest absolute Gasteiger partial charge is 0.381 e. The second-order valence-corrected chi connectivity index (χ2v) is 4.24. The van der Waals surface area contributed by atoms with Crippen LogP contribution in [0.25, 0.3) is 11.5 Å². The topological polar surface area (TPSA) is 53.9 Å². The highest BCUT2D eigenvalue weighted by Gasteiger charge is 2.01. The molecule has 0 aromatic carbocycles. The van der Waals surface area contributed by atoms with Crippen molar-refractivity contribution >= 4 is 5.69 Å². The summed E-state index contributed by atoms with van der Waals surface area (Å²) < 4.78 is 0. The molecule has 0 aliphatic rings. The minimum Gasteiger partial charge on any atom is -0.381 e. The molecular formula is C13H17N5. The quantitative estimate of drug-likeness (QED) is 0.862. The van der Waals surface area contributed by atoms with E-state index < -0.39 is 0 Å². The van der Waals surface area contributed by atoms with E-state index in [2.05, 4.69) is 25.2 Å². The first-order chi connectivity index (χ1) is 8.75. The SMILES string of the molecule is CN(C)CCNc1cnc(-c2ccccn2)nc1. The van der Waals surface area contributed by atoms with E-state index in [1.54, 1.807) is 18.6 Å². The number of aromatic nitrogens is 3. The Balaban J connectivity index is 1.98. The summed E-state index contributed by atoms with van der Waals surface area (Å²) in [6.45, 7) is 1.85. The summed E-state index contributed by atoms with van der Waals surface area (Å²) in [4.78, 5) is 14.9. The van der Waals surface area contributed by atoms with Crippen LogP contribution in [0, 0.1) is 0 Å². The van der Waals surface area contributed by atoms with Gasteiger partial charge in [0.15, 0.2) is 5.82 Å². The van der Waals surface area contributed by atoms with Gasteiger partial charge in [-0.25, -0.2) is 9.97 Å². The third kappa shape index (κ3) is 3.49. The van der Waals surface area contributed by atoms with Crippen LogP contribution >= 0.6 is 0 Å². The van der Waals surface area contributed by atoms with Crippen molar-refractivity contribution in [3.63, 3.8) is 0 Å². The molecule has 0 bridgehead atoms. The van der Waals surface area contributed by atoms with Crippen LogP contribution in [0.2, 0.25) is 0 Å². The van der Waals surface area contributed by atoms with Crippen molar-refractivity contribution in [1.82, 2.24) is 19.9 Å². The lowest BCUT2D eigenvalue weighted by Gasteiger charge is -2.10. The summed E-state index contributed by atoms with van der Waals surface area (Å²) in [7, 11) is 4.09. The Bertz CT molecular complexity index is 467. The standard InChI is InChI=1S/C13H17N5/c1-18(2)8-7-14-11-9-16-13(17-10-11)12-5-3-4-6-15-12/h3-6,9-10,14H,7-8H2,1-2H3. The van der Waals surface area contributed by atoms with Crippen LogP contribution in [0.15, 0.2) is 36.8 Å². The van der Waals surface area contributed by atoms with Gasteiger partial charge in [0.25, 0.3) is 0 Å². The van der Waals surface area contributed by atoms with Gasteiger partial charge in [-0.05, 0) is 26.2 Å². The lowest BCUT2D eigenvalue weighted by molar-refractivity contribution is 0.425. The maximum absolute atomic E-state index is 4.30. The molecule has 5 nitrogen and oxygen atoms in total. The number of nitrogens with one attached hydrogen (secondary N) is 1. The number of hydrogen-bond acceptors (Lipinski definition) is 5. The molecule has 0 aliphatic carbocycles. The molecule has 94 valence electrons. The molecule has 0 saturated carbocycles. The fraction of sp³-hybridized carbons (Fsp3) is 0.308. The third-order valence-electron chi connectivity index (χ3n) is 2.43. The minimum absolute atomic E-state index is 0.647. The van der Waals surface area contributed by atoms with Gasteiger partial charge in [0.1, 0.15) is 5.69 Å². The smallest absolute Gasteiger partial charge is 0.178 e. The highest BCUT2D eigenvalue weighted by molar-refractivity contribution is 5.50. The minimum atomic E-state index is 0.647. The van der Waals surface area contributed by atoms with Crippen molar-refractivity contribution in [2.75, 3.05) is 32.5 Å². The number of rotatable bonds is 5. The van der Waals surface area contributed by atoms with Crippen LogP contribution < -0.4 is 5.32 Å². The first kappa shape index (κ1) is 12.4. The number of nitrogens with zero attached hydrogens (tertiary/aromatic N) is 4. The van der Waals surface area contributed by atoms with Crippen LogP contribution in [-0.4, -0.2) is 47.0 Å². The van der Waals surface area contributed by atoms with E-state index in [1.807, 2.05) is 32.3 Å². The van der Waals surface area contributed by atoms with Crippen LogP contribution in [-0.2, 0) is 0 Å². The van der Waals surface area contributed by atoms with Crippen LogP contribution in [0.5, 0.6) is 0 Å². The summed E-state index contributed by atoms with van der Waals surface area (Å²) in [5.74, 6) is 0.647. The Morgan fingerprint density at radius 3 is 2.50 bits per heavy atom. The molecule has 0 radical (unpaired) electrons. The van der Waals surface area contributed by atoms with Gasteiger partial charge in [-0.3, -0.25) is 4.98 Å². The molecule has 0 unspecified atom stereocenters. The van der Waals surface area contributed by atoms with Crippen LogP contribution in [0.4, 0.5) is 5.69 Å². The average Bonchev–Trinajstić information content (AvgIpc) is 2.40. The lowest BCUT2D eigenvalue weighted by atomic mass is 10.3. The molecule has 0 aliphatic heterocycles. The van der Waals surface area contributed by atoms with Crippen molar-refractivity contribution in [1.29, 1.82) is 0 Å². The maximum atomic E-state index is 4.30. The first-order valence-corrected chi connectivity index (χ1v) is 5.88. The zero-order chi connectivity index (χ0) is 12.8. The Morgan fingerprint density at radius 2 is 1.89 bits per heavy atom. The predicted molar refractivity (Wildman–Crippen MR) is 72.3 cm³/mol. The molecule has 2 aromatic rings. The highest BCUT2D eigenvalue weighted by Crippen LogP contribution is 2.11. The molecule has 0 fully saturated rings. The summed E-state index contributed by atoms with van der Waals surface area (Å²) in [6.07, 6.45) is 5.31. The summed E-state index contributed by atoms with van der Waals surface area (Å²) >= 11 is 0. The van der Waals surface area contributed by atoms with Crippen molar-refractivity contribution in [3.05, 3.63) is 36.8 Å². The molecule has 5 heteroatoms. The van der Waals surface area contributed by atoms with E-state index in [1.165, 1.54) is 0 Å². The van der Waals surface area contributed by atoms with Crippen molar-refractivity contribution < 1.29 is 0 Å². The van der Waals surface area contributed by atoms with Crippen LogP contribution in [0.3, 0.4) is 0 Å². The Morgan fingerprint density at radius 1 is 1.11 bits per heavy atom. The van der Waals surface area contributed by atoms with Gasteiger partial charge in [0.2, 0.25) is 0 Å². The highest BCUT2D eigenvalue weighted by atomic mass is 15.1. The molecule has 0 amide bonds. The number of anilines is 1. The van der Waals surface area contributed by atoms with Gasteiger partial charge in [0.05, 0.1) is 18.1 Å². The van der Waals surface area contributed by atoms with E-state index in [0.29, 0.717) is 5.82 Å². The van der Waals surface area contributed by atoms with Crippen LogP contribution in [0.1, 0.15) is 0 Å². The van der Waals surface area contributed by atoms with E-state index >= 15 is 0 Å². The molecule has 0 spiro atoms. The summed E-state index contributed by atoms with van der Waals surface area (Å²) in [5.41, 5.74) is 1.72. The fourth-order valence-corrected chi connectivity index (χ4v) is 1.47. The Labute approximate surface area is 107 Å². The van der Waals surface area contributed by atoms with Crippen molar-refractivity contribution in [2.24, 2.45) is 0 Å². The number of likely N-dealkylation sites (N-methyl/N-ethyl adjacent to an activating group) is 1. The Kier molecular flexibility index (Phi) is 4.20. The van der Waals surface area contributed by atoms with Gasteiger partial charge in [-0.1, -0.05) is 6.07 Å². The fourth-order valence-electron chi connectivity index (χ4n) is 1.47. The van der Waals surface area contributed by atoms with Gasteiger partial charge >= 0.3 is 0 Å². The molecule has 2 aromatic heterocycles. The second-order valence-electron chi connectivity index (χ2n) is 4.24. The second kappa shape index (κ2) is 6.07. The third-order valence-corrected chi connectivity index (χ3v) is 2.43. The zero-order valence-corrected chi connectivity index (χ0v) is 10.7. The number of hydrogen-bond donors (Lipinski definition) is 1. The van der Waals surface area contributed by atoms with Crippen molar-refractivity contribution in [2.45, 2.75) is 0 Å². The molecular weight excluding hydrogens is 226 g/mol. The predicted octanol–water partition coefficient (Wildman–Crippen LogP) is 1.51. The normalized spacial score (nSPS) is 10.6. The monoisotopic (exact) mass is 243 g/mol. The molecule has 2 rings (SSSR count). The van der Waals surface area contributed by atoms with E-state index in [0.717, 1.165) is 24.5 Å². The van der Waals surface area contributed by atoms with E-state index in [9.17, 15) is 0 Å². The molecule has 2 heterocycles. The summed E-state index contributed by atoms with van der Waals surface area (Å²) in [6, 6.07) is 5.70. The summed E-state index contributed by atoms with van der Waals surface area (Å²) in [5, 5.41) is 3.27. The lowest BCUT2D eigenvalue weighted by Crippen LogP contribution is -2.20. The van der Waals surface area contributed by atoms with Gasteiger partial charge in [-0.2, -0.15) is 0 Å². The van der Waals surface area contributed by atoms with Crippen molar-refractivity contribution in [3.8, 4) is 11.5 Å². The molecule has 0 atom stereocenters. The molecule has 0 saturated heterocycles. The average molecular weight is 243 g/mol. The van der Waals surface area contributed by atoms with E-state index in [-0.39, 0.29) is 0 Å². The van der Waals surface area contributed by atoms with Gasteiger partial charge in [0, 0.05) is 19.3 Å². The van der Waals surface area contributed by atoms with E-state index in [4.69, 9.17) is 0 Å². The maximum Gasteiger partial charge on any atom is 0.178 e. The zero-order valence-electron chi connectivity index (χ0n) is 10.7.